The van der Waals surface area contributed by atoms with Crippen LogP contribution in [0.25, 0.3) is 0 Å². The number of aromatic amines is 1. The van der Waals surface area contributed by atoms with Crippen molar-refractivity contribution in [2.75, 3.05) is 11.5 Å². The van der Waals surface area contributed by atoms with Crippen LogP contribution >= 0.6 is 37.2 Å². The van der Waals surface area contributed by atoms with Crippen LogP contribution in [0, 0.1) is 0 Å². The average molecular weight is 668 g/mol. The molecule has 2 aromatic heterocycles. The Hall–Kier alpha value is -0.530. The Morgan fingerprint density at radius 1 is 1.26 bits per heavy atom. The maximum absolute atomic E-state index is 10.7. The van der Waals surface area contributed by atoms with Crippen molar-refractivity contribution in [3.8, 4) is 0 Å². The van der Waals surface area contributed by atoms with E-state index < -0.39 is 0 Å². The predicted molar refractivity (Wildman–Crippen MR) is 102 cm³/mol. The summed E-state index contributed by atoms with van der Waals surface area (Å²) < 4.78 is 2.77. The molecular weight excluding hydrogens is 649 g/mol. The molecule has 0 fully saturated rings. The third-order valence-electron chi connectivity index (χ3n) is 2.04. The van der Waals surface area contributed by atoms with E-state index in [1.54, 1.807) is 38.6 Å². The monoisotopic (exact) mass is 668 g/mol. The molecule has 2 aromatic rings. The van der Waals surface area contributed by atoms with E-state index in [9.17, 15) is 9.59 Å². The number of nitrogens with zero attached hydrogens (tertiary/aromatic N) is 3. The number of aryl methyl sites for hydroxylation is 2. The summed E-state index contributed by atoms with van der Waals surface area (Å²) >= 11 is 5.30. The van der Waals surface area contributed by atoms with Crippen molar-refractivity contribution >= 4 is 48.9 Å². The summed E-state index contributed by atoms with van der Waals surface area (Å²) in [4.78, 5) is 27.2. The van der Waals surface area contributed by atoms with Gasteiger partial charge < -0.3 is 27.0 Å². The van der Waals surface area contributed by atoms with E-state index in [1.807, 2.05) is 0 Å². The van der Waals surface area contributed by atoms with Gasteiger partial charge >= 0.3 is 61.9 Å². The third-order valence-corrected chi connectivity index (χ3v) is 2.04. The summed E-state index contributed by atoms with van der Waals surface area (Å²) in [6.07, 6.45) is 3.18. The molecule has 0 aliphatic rings. The van der Waals surface area contributed by atoms with Gasteiger partial charge in [-0.25, -0.2) is 9.36 Å². The van der Waals surface area contributed by atoms with Crippen LogP contribution in [0.4, 0.5) is 11.6 Å². The molecule has 9 N–H and O–H groups in total. The van der Waals surface area contributed by atoms with E-state index in [0.29, 0.717) is 19.1 Å². The van der Waals surface area contributed by atoms with E-state index in [4.69, 9.17) is 11.5 Å². The van der Waals surface area contributed by atoms with Gasteiger partial charge in [0.25, 0.3) is 0 Å². The van der Waals surface area contributed by atoms with Crippen molar-refractivity contribution in [3.05, 3.63) is 45.5 Å². The number of anilines is 2. The molecule has 13 heteroatoms. The fourth-order valence-corrected chi connectivity index (χ4v) is 0.992. The van der Waals surface area contributed by atoms with Crippen LogP contribution in [0.2, 0.25) is 0 Å². The van der Waals surface area contributed by atoms with Crippen LogP contribution in [-0.4, -0.2) is 25.5 Å². The number of hydrogen-bond acceptors (Lipinski definition) is 5. The molecule has 0 saturated carbocycles. The molecule has 0 radical (unpaired) electrons. The number of H-pyrrole nitrogens is 1. The summed E-state index contributed by atoms with van der Waals surface area (Å²) in [5, 5.41) is 0. The summed E-state index contributed by atoms with van der Waals surface area (Å²) in [5.74, 6) is 0.649. The van der Waals surface area contributed by atoms with E-state index >= 15 is 0 Å². The molecule has 0 aromatic carbocycles. The number of rotatable bonds is 0. The Morgan fingerprint density at radius 3 is 2.13 bits per heavy atom. The molecule has 23 heavy (non-hydrogen) atoms. The van der Waals surface area contributed by atoms with Crippen LogP contribution in [0.3, 0.4) is 0 Å². The van der Waals surface area contributed by atoms with E-state index in [1.165, 1.54) is 9.13 Å². The molecule has 0 amide bonds. The first-order valence-corrected chi connectivity index (χ1v) is 17.9. The Bertz CT molecular complexity index is 621. The van der Waals surface area contributed by atoms with Gasteiger partial charge in [-0.3, -0.25) is 0 Å². The second kappa shape index (κ2) is 15.0. The third kappa shape index (κ3) is 12.5. The fourth-order valence-electron chi connectivity index (χ4n) is 0.992. The Balaban J connectivity index is -0.000000277. The smallest absolute Gasteiger partial charge is 0.412 e. The maximum Gasteiger partial charge on any atom is -0.412 e. The number of nitrogen functional groups attached to an aromatic ring is 2. The number of nitrogens with two attached hydrogens (primary N) is 2. The minimum atomic E-state index is -0.324. The first-order chi connectivity index (χ1) is 9.81. The van der Waals surface area contributed by atoms with Gasteiger partial charge in [0.15, 0.2) is 5.82 Å². The zero-order chi connectivity index (χ0) is 16.4. The second-order valence-electron chi connectivity index (χ2n) is 3.61. The van der Waals surface area contributed by atoms with Gasteiger partial charge in [0.1, 0.15) is 5.82 Å². The van der Waals surface area contributed by atoms with Gasteiger partial charge in [0.05, 0.1) is 13.2 Å². The molecule has 2 rings (SSSR count). The van der Waals surface area contributed by atoms with Crippen LogP contribution in [0.1, 0.15) is 0 Å². The molecule has 0 aliphatic carbocycles. The van der Waals surface area contributed by atoms with Crippen molar-refractivity contribution in [2.24, 2.45) is 14.1 Å². The topological polar surface area (TPSA) is 187 Å². The van der Waals surface area contributed by atoms with E-state index in [-0.39, 0.29) is 28.1 Å². The summed E-state index contributed by atoms with van der Waals surface area (Å²) in [6.45, 7) is 0. The average Bonchev–Trinajstić information content (AvgIpc) is 2.41. The van der Waals surface area contributed by atoms with Crippen LogP contribution in [0.15, 0.2) is 34.1 Å². The predicted octanol–water partition coefficient (Wildman–Crippen LogP) is -4.73. The van der Waals surface area contributed by atoms with Crippen molar-refractivity contribution in [2.45, 2.75) is 0 Å². The van der Waals surface area contributed by atoms with Crippen LogP contribution < -0.4 is 40.7 Å². The molecule has 134 valence electrons. The van der Waals surface area contributed by atoms with Gasteiger partial charge in [0.2, 0.25) is 0 Å². The summed E-state index contributed by atoms with van der Waals surface area (Å²) in [6, 6.07) is 3.20. The van der Waals surface area contributed by atoms with E-state index in [0.717, 1.165) is 0 Å². The molecule has 0 spiro atoms. The number of aromatic nitrogens is 4. The molecule has 0 bridgehead atoms. The molecule has 2 heterocycles. The molecule has 0 aliphatic heterocycles. The second-order valence-corrected chi connectivity index (χ2v) is 19.9. The van der Waals surface area contributed by atoms with E-state index in [2.05, 4.69) is 47.2 Å². The normalized spacial score (nSPS) is 8.35. The fraction of sp³-hybridized carbons (Fsp3) is 0.200. The number of halogens is 3. The Kier molecular flexibility index (Phi) is 17.8. The standard InChI is InChI=1S/2C5H7N3O.I3.2H2O/c2*1-8-3-2-4(6)7-5(8)9;1-3-2;;/h2*2-3H,1H3,(H2,6,7,9);;2*1H2/q;;-1;;/p+1. The van der Waals surface area contributed by atoms with Crippen molar-refractivity contribution in [1.29, 1.82) is 0 Å². The number of nitrogens with one attached hydrogen (secondary N) is 1. The molecular formula is C10H19I3N6O4. The largest absolute Gasteiger partial charge is 0.412 e. The minimum absolute atomic E-state index is 0. The first kappa shape index (κ1) is 27.3. The van der Waals surface area contributed by atoms with Crippen molar-refractivity contribution in [1.82, 2.24) is 14.5 Å². The minimum Gasteiger partial charge on any atom is -0.412 e. The van der Waals surface area contributed by atoms with Crippen LogP contribution in [0.5, 0.6) is 0 Å². The molecule has 0 atom stereocenters. The molecule has 0 unspecified atom stereocenters. The van der Waals surface area contributed by atoms with Gasteiger partial charge in [-0.05, 0) is 6.07 Å². The summed E-state index contributed by atoms with van der Waals surface area (Å²) in [7, 11) is 3.27. The Labute approximate surface area is 161 Å². The maximum atomic E-state index is 10.7. The van der Waals surface area contributed by atoms with Gasteiger partial charge in [0, 0.05) is 19.3 Å². The molecule has 10 nitrogen and oxygen atoms in total. The quantitative estimate of drug-likeness (QED) is 0.188. The van der Waals surface area contributed by atoms with Gasteiger partial charge in [-0.2, -0.15) is 14.8 Å². The van der Waals surface area contributed by atoms with Gasteiger partial charge in [-0.15, -0.1) is 0 Å². The number of hydrogen-bond donors (Lipinski definition) is 3. The zero-order valence-corrected chi connectivity index (χ0v) is 18.7. The SMILES string of the molecule is C[n+]1ccc(N)[nH]c1=O.Cn1ccc(N)nc1=O.I[I-]I.O.O. The van der Waals surface area contributed by atoms with Crippen molar-refractivity contribution in [3.63, 3.8) is 0 Å². The zero-order valence-electron chi connectivity index (χ0n) is 12.3. The molecule has 0 saturated heterocycles. The first-order valence-electron chi connectivity index (χ1n) is 5.32. The van der Waals surface area contributed by atoms with Gasteiger partial charge in [-0.1, -0.05) is 0 Å². The summed E-state index contributed by atoms with van der Waals surface area (Å²) in [5.41, 5.74) is 9.94. The van der Waals surface area contributed by atoms with Crippen molar-refractivity contribution < 1.29 is 28.8 Å². The van der Waals surface area contributed by atoms with Crippen LogP contribution in [-0.2, 0) is 14.1 Å². The Morgan fingerprint density at radius 2 is 1.78 bits per heavy atom.